The third kappa shape index (κ3) is 3.22. The number of benzene rings is 5. The van der Waals surface area contributed by atoms with Gasteiger partial charge in [0, 0.05) is 6.07 Å². The Balaban J connectivity index is 1.97. The lowest BCUT2D eigenvalue weighted by Crippen LogP contribution is -2.00. The molecule has 1 N–H and O–H groups in total. The number of nitro groups is 1. The molecular weight excluding hydrogens is 398 g/mol. The Labute approximate surface area is 185 Å². The molecule has 0 aromatic heterocycles. The second-order valence-corrected chi connectivity index (χ2v) is 7.91. The Bertz CT molecular complexity index is 1470. The zero-order valence-corrected chi connectivity index (χ0v) is 17.5. The van der Waals surface area contributed by atoms with Crippen LogP contribution >= 0.6 is 0 Å². The van der Waals surface area contributed by atoms with Gasteiger partial charge in [-0.05, 0) is 62.9 Å². The molecule has 1 atom stereocenters. The zero-order valence-electron chi connectivity index (χ0n) is 17.5. The van der Waals surface area contributed by atoms with E-state index in [1.165, 1.54) is 6.07 Å². The number of aliphatic hydroxyl groups is 1. The van der Waals surface area contributed by atoms with Gasteiger partial charge < -0.3 is 5.11 Å². The van der Waals surface area contributed by atoms with E-state index < -0.39 is 11.0 Å². The van der Waals surface area contributed by atoms with Gasteiger partial charge >= 0.3 is 0 Å². The van der Waals surface area contributed by atoms with Gasteiger partial charge in [-0.1, -0.05) is 78.9 Å². The highest BCUT2D eigenvalue weighted by Crippen LogP contribution is 2.45. The molecular formula is C28H21NO3. The van der Waals surface area contributed by atoms with E-state index in [4.69, 9.17) is 0 Å². The quantitative estimate of drug-likeness (QED) is 0.189. The molecule has 0 bridgehead atoms. The molecule has 0 aliphatic carbocycles. The summed E-state index contributed by atoms with van der Waals surface area (Å²) in [6.07, 6.45) is -0.956. The summed E-state index contributed by atoms with van der Waals surface area (Å²) in [5.74, 6) is 0. The summed E-state index contributed by atoms with van der Waals surface area (Å²) < 4.78 is 0. The molecule has 156 valence electrons. The first kappa shape index (κ1) is 19.9. The Kier molecular flexibility index (Phi) is 4.92. The third-order valence-electron chi connectivity index (χ3n) is 5.96. The predicted molar refractivity (Wildman–Crippen MR) is 130 cm³/mol. The van der Waals surface area contributed by atoms with Crippen LogP contribution in [0.15, 0.2) is 97.1 Å². The second-order valence-electron chi connectivity index (χ2n) is 7.91. The van der Waals surface area contributed by atoms with Gasteiger partial charge in [0.2, 0.25) is 0 Å². The van der Waals surface area contributed by atoms with Crippen LogP contribution < -0.4 is 0 Å². The van der Waals surface area contributed by atoms with Crippen molar-refractivity contribution in [1.29, 1.82) is 0 Å². The Morgan fingerprint density at radius 2 is 1.19 bits per heavy atom. The number of fused-ring (bicyclic) bond motifs is 3. The van der Waals surface area contributed by atoms with Gasteiger partial charge in [-0.15, -0.1) is 0 Å². The maximum atomic E-state index is 11.5. The lowest BCUT2D eigenvalue weighted by molar-refractivity contribution is -0.386. The van der Waals surface area contributed by atoms with Gasteiger partial charge in [0.25, 0.3) is 5.69 Å². The fourth-order valence-electron chi connectivity index (χ4n) is 4.56. The average molecular weight is 419 g/mol. The number of aliphatic hydroxyl groups excluding tert-OH is 1. The summed E-state index contributed by atoms with van der Waals surface area (Å²) in [4.78, 5) is 11.1. The lowest BCUT2D eigenvalue weighted by atomic mass is 9.84. The van der Waals surface area contributed by atoms with Crippen LogP contribution in [-0.2, 0) is 0 Å². The Morgan fingerprint density at radius 1 is 0.688 bits per heavy atom. The first-order valence-corrected chi connectivity index (χ1v) is 10.5. The summed E-state index contributed by atoms with van der Waals surface area (Å²) in [7, 11) is 0. The summed E-state index contributed by atoms with van der Waals surface area (Å²) in [5, 5.41) is 26.3. The molecule has 32 heavy (non-hydrogen) atoms. The molecule has 1 unspecified atom stereocenters. The molecule has 0 heterocycles. The molecule has 0 fully saturated rings. The van der Waals surface area contributed by atoms with Crippen molar-refractivity contribution in [3.05, 3.63) is 113 Å². The molecule has 0 aliphatic heterocycles. The Hall–Kier alpha value is -4.02. The highest BCUT2D eigenvalue weighted by molar-refractivity contribution is 6.21. The molecule has 0 saturated heterocycles. The van der Waals surface area contributed by atoms with Crippen molar-refractivity contribution in [3.63, 3.8) is 0 Å². The smallest absolute Gasteiger partial charge is 0.275 e. The van der Waals surface area contributed by atoms with Gasteiger partial charge in [-0.25, -0.2) is 0 Å². The summed E-state index contributed by atoms with van der Waals surface area (Å²) in [6, 6.07) is 31.8. The van der Waals surface area contributed by atoms with Crippen molar-refractivity contribution in [3.8, 4) is 22.3 Å². The van der Waals surface area contributed by atoms with Crippen molar-refractivity contribution < 1.29 is 10.0 Å². The van der Waals surface area contributed by atoms with E-state index >= 15 is 0 Å². The van der Waals surface area contributed by atoms with Crippen LogP contribution in [0.25, 0.3) is 43.8 Å². The standard InChI is InChI=1S/C28H21NO3/c1-18(30)25-17-20(15-16-26(25)29(31)32)28-24-14-8-6-12-22(24)21-11-5-7-13-23(21)27(28)19-9-3-2-4-10-19/h2-18,30H,1H3. The largest absolute Gasteiger partial charge is 0.388 e. The van der Waals surface area contributed by atoms with Crippen LogP contribution in [0.4, 0.5) is 5.69 Å². The van der Waals surface area contributed by atoms with Gasteiger partial charge in [-0.2, -0.15) is 0 Å². The summed E-state index contributed by atoms with van der Waals surface area (Å²) >= 11 is 0. The SMILES string of the molecule is CC(O)c1cc(-c2c(-c3ccccc3)c3ccccc3c3ccccc23)ccc1[N+](=O)[O-]. The Morgan fingerprint density at radius 3 is 1.72 bits per heavy atom. The molecule has 0 amide bonds. The van der Waals surface area contributed by atoms with E-state index in [0.29, 0.717) is 5.56 Å². The van der Waals surface area contributed by atoms with Crippen LogP contribution in [0, 0.1) is 10.1 Å². The molecule has 4 heteroatoms. The van der Waals surface area contributed by atoms with E-state index in [-0.39, 0.29) is 5.69 Å². The molecule has 0 radical (unpaired) electrons. The first-order chi connectivity index (χ1) is 15.6. The second kappa shape index (κ2) is 7.91. The minimum atomic E-state index is -0.956. The number of hydrogen-bond donors (Lipinski definition) is 1. The van der Waals surface area contributed by atoms with Gasteiger partial charge in [0.15, 0.2) is 0 Å². The zero-order chi connectivity index (χ0) is 22.2. The van der Waals surface area contributed by atoms with Crippen LogP contribution in [-0.4, -0.2) is 10.0 Å². The molecule has 0 saturated carbocycles. The molecule has 5 aromatic rings. The van der Waals surface area contributed by atoms with Gasteiger partial charge in [-0.3, -0.25) is 10.1 Å². The van der Waals surface area contributed by atoms with Crippen molar-refractivity contribution >= 4 is 27.2 Å². The van der Waals surface area contributed by atoms with Crippen LogP contribution in [0.3, 0.4) is 0 Å². The summed E-state index contributed by atoms with van der Waals surface area (Å²) in [5.41, 5.74) is 4.22. The minimum Gasteiger partial charge on any atom is -0.388 e. The fourth-order valence-corrected chi connectivity index (χ4v) is 4.56. The highest BCUT2D eigenvalue weighted by atomic mass is 16.6. The topological polar surface area (TPSA) is 63.4 Å². The van der Waals surface area contributed by atoms with E-state index in [1.54, 1.807) is 19.1 Å². The van der Waals surface area contributed by atoms with Crippen molar-refractivity contribution in [1.82, 2.24) is 0 Å². The number of rotatable bonds is 4. The number of nitrogens with zero attached hydrogens (tertiary/aromatic N) is 1. The van der Waals surface area contributed by atoms with E-state index in [0.717, 1.165) is 43.8 Å². The van der Waals surface area contributed by atoms with Crippen LogP contribution in [0.1, 0.15) is 18.6 Å². The monoisotopic (exact) mass is 419 g/mol. The molecule has 5 aromatic carbocycles. The third-order valence-corrected chi connectivity index (χ3v) is 5.96. The average Bonchev–Trinajstić information content (AvgIpc) is 2.83. The minimum absolute atomic E-state index is 0.0740. The lowest BCUT2D eigenvalue weighted by Gasteiger charge is -2.19. The van der Waals surface area contributed by atoms with Crippen LogP contribution in [0.2, 0.25) is 0 Å². The van der Waals surface area contributed by atoms with Gasteiger partial charge in [0.05, 0.1) is 16.6 Å². The van der Waals surface area contributed by atoms with Gasteiger partial charge in [0.1, 0.15) is 0 Å². The van der Waals surface area contributed by atoms with Crippen molar-refractivity contribution in [2.24, 2.45) is 0 Å². The number of hydrogen-bond acceptors (Lipinski definition) is 3. The first-order valence-electron chi connectivity index (χ1n) is 10.5. The predicted octanol–water partition coefficient (Wildman–Crippen LogP) is 7.29. The normalized spacial score (nSPS) is 12.2. The summed E-state index contributed by atoms with van der Waals surface area (Å²) in [6.45, 7) is 1.56. The van der Waals surface area contributed by atoms with Crippen molar-refractivity contribution in [2.75, 3.05) is 0 Å². The fraction of sp³-hybridized carbons (Fsp3) is 0.0714. The molecule has 4 nitrogen and oxygen atoms in total. The maximum absolute atomic E-state index is 11.5. The van der Waals surface area contributed by atoms with E-state index in [9.17, 15) is 15.2 Å². The molecule has 5 rings (SSSR count). The molecule has 0 aliphatic rings. The molecule has 0 spiro atoms. The van der Waals surface area contributed by atoms with Crippen LogP contribution in [0.5, 0.6) is 0 Å². The maximum Gasteiger partial charge on any atom is 0.275 e. The number of nitro benzene ring substituents is 1. The van der Waals surface area contributed by atoms with E-state index in [2.05, 4.69) is 36.4 Å². The van der Waals surface area contributed by atoms with Crippen molar-refractivity contribution in [2.45, 2.75) is 13.0 Å². The highest BCUT2D eigenvalue weighted by Gasteiger charge is 2.22. The van der Waals surface area contributed by atoms with E-state index in [1.807, 2.05) is 42.5 Å².